The molecule has 0 aliphatic carbocycles. The van der Waals surface area contributed by atoms with E-state index in [2.05, 4.69) is 51.3 Å². The standard InChI is InChI=1S/C8H22B2N2O2/c1-7(2,3)13-11-9-12(10-11)14-8(4,5)6/h9-10H2,1-6H3/q-2. The first kappa shape index (κ1) is 12.0. The van der Waals surface area contributed by atoms with Gasteiger partial charge < -0.3 is 19.4 Å². The van der Waals surface area contributed by atoms with Gasteiger partial charge in [-0.3, -0.25) is 0 Å². The van der Waals surface area contributed by atoms with Gasteiger partial charge in [0.15, 0.2) is 0 Å². The van der Waals surface area contributed by atoms with Gasteiger partial charge in [-0.05, 0) is 41.5 Å². The molecule has 0 amide bonds. The van der Waals surface area contributed by atoms with Gasteiger partial charge in [-0.15, -0.1) is 0 Å². The lowest BCUT2D eigenvalue weighted by Gasteiger charge is -2.62. The van der Waals surface area contributed by atoms with Crippen molar-refractivity contribution in [3.63, 3.8) is 0 Å². The molecule has 0 atom stereocenters. The van der Waals surface area contributed by atoms with Crippen LogP contribution in [0.4, 0.5) is 0 Å². The van der Waals surface area contributed by atoms with E-state index in [4.69, 9.17) is 9.68 Å². The molecule has 1 saturated heterocycles. The van der Waals surface area contributed by atoms with Crippen LogP contribution < -0.4 is 0 Å². The highest BCUT2D eigenvalue weighted by atomic mass is 16.7. The highest BCUT2D eigenvalue weighted by Gasteiger charge is 2.19. The lowest BCUT2D eigenvalue weighted by Crippen LogP contribution is -2.64. The zero-order valence-electron chi connectivity index (χ0n) is 10.7. The molecule has 0 aromatic rings. The topological polar surface area (TPSA) is 24.9 Å². The Morgan fingerprint density at radius 1 is 0.714 bits per heavy atom. The van der Waals surface area contributed by atoms with Gasteiger partial charge in [0.05, 0.1) is 26.3 Å². The Kier molecular flexibility index (Phi) is 3.31. The van der Waals surface area contributed by atoms with Crippen molar-refractivity contribution in [2.24, 2.45) is 0 Å². The van der Waals surface area contributed by atoms with E-state index in [1.54, 1.807) is 0 Å². The minimum absolute atomic E-state index is 0.0547. The van der Waals surface area contributed by atoms with E-state index in [1.807, 2.05) is 0 Å². The van der Waals surface area contributed by atoms with Crippen molar-refractivity contribution >= 4 is 15.1 Å². The van der Waals surface area contributed by atoms with Crippen LogP contribution in [0.3, 0.4) is 0 Å². The van der Waals surface area contributed by atoms with Crippen molar-refractivity contribution in [3.8, 4) is 0 Å². The Morgan fingerprint density at radius 2 is 1.00 bits per heavy atom. The van der Waals surface area contributed by atoms with Crippen molar-refractivity contribution in [1.82, 2.24) is 9.77 Å². The molecule has 1 rings (SSSR count). The second-order valence-corrected chi connectivity index (χ2v) is 6.43. The van der Waals surface area contributed by atoms with E-state index in [9.17, 15) is 0 Å². The molecule has 0 saturated carbocycles. The van der Waals surface area contributed by atoms with Crippen LogP contribution in [0.15, 0.2) is 0 Å². The number of hydrogen-bond acceptors (Lipinski definition) is 4. The lowest BCUT2D eigenvalue weighted by atomic mass is 9.81. The van der Waals surface area contributed by atoms with E-state index in [-0.39, 0.29) is 26.3 Å². The van der Waals surface area contributed by atoms with Crippen molar-refractivity contribution < 1.29 is 9.68 Å². The van der Waals surface area contributed by atoms with Crippen molar-refractivity contribution in [2.45, 2.75) is 52.7 Å². The average molecular weight is 200 g/mol. The molecule has 1 fully saturated rings. The summed E-state index contributed by atoms with van der Waals surface area (Å²) in [6.07, 6.45) is 0. The summed E-state index contributed by atoms with van der Waals surface area (Å²) in [4.78, 5) is 15.8. The minimum Gasteiger partial charge on any atom is -0.512 e. The third-order valence-corrected chi connectivity index (χ3v) is 2.04. The second kappa shape index (κ2) is 3.85. The summed E-state index contributed by atoms with van der Waals surface area (Å²) in [6.45, 7) is 12.5. The first-order valence-corrected chi connectivity index (χ1v) is 5.56. The van der Waals surface area contributed by atoms with Crippen LogP contribution >= 0.6 is 0 Å². The number of rotatable bonds is 2. The fraction of sp³-hybridized carbons (Fsp3) is 1.00. The quantitative estimate of drug-likeness (QED) is 0.588. The highest BCUT2D eigenvalue weighted by molar-refractivity contribution is 6.63. The maximum Gasteiger partial charge on any atom is 0.0727 e. The van der Waals surface area contributed by atoms with Gasteiger partial charge in [0.2, 0.25) is 0 Å². The molecule has 1 aliphatic rings. The molecule has 0 unspecified atom stereocenters. The molecule has 0 aromatic carbocycles. The Morgan fingerprint density at radius 3 is 1.21 bits per heavy atom. The molecule has 0 radical (unpaired) electrons. The van der Waals surface area contributed by atoms with E-state index in [1.165, 1.54) is 0 Å². The summed E-state index contributed by atoms with van der Waals surface area (Å²) in [6, 6.07) is 0. The number of nitrogens with zero attached hydrogens (tertiary/aromatic N) is 2. The fourth-order valence-electron chi connectivity index (χ4n) is 1.85. The molecule has 4 nitrogen and oxygen atoms in total. The molecule has 0 bridgehead atoms. The zero-order chi connectivity index (χ0) is 11.0. The Bertz CT molecular complexity index is 174. The summed E-state index contributed by atoms with van der Waals surface area (Å²) in [5.74, 6) is 0. The molecule has 0 N–H and O–H groups in total. The summed E-state index contributed by atoms with van der Waals surface area (Å²) in [7, 11) is -0.654. The summed E-state index contributed by atoms with van der Waals surface area (Å²) in [5.41, 5.74) is -0.109. The normalized spacial score (nSPS) is 21.0. The van der Waals surface area contributed by atoms with Gasteiger partial charge in [-0.2, -0.15) is 0 Å². The monoisotopic (exact) mass is 200 g/mol. The van der Waals surface area contributed by atoms with Gasteiger partial charge in [0, 0.05) is 0 Å². The largest absolute Gasteiger partial charge is 0.512 e. The second-order valence-electron chi connectivity index (χ2n) is 6.43. The predicted molar refractivity (Wildman–Crippen MR) is 62.4 cm³/mol. The van der Waals surface area contributed by atoms with Gasteiger partial charge >= 0.3 is 0 Å². The zero-order valence-corrected chi connectivity index (χ0v) is 10.7. The van der Waals surface area contributed by atoms with E-state index >= 15 is 0 Å². The molecule has 1 heterocycles. The molecule has 6 heteroatoms. The average Bonchev–Trinajstić information content (AvgIpc) is 1.75. The summed E-state index contributed by atoms with van der Waals surface area (Å²) >= 11 is 0. The Balaban J connectivity index is 2.18. The van der Waals surface area contributed by atoms with E-state index in [0.717, 1.165) is 0 Å². The molecule has 0 spiro atoms. The van der Waals surface area contributed by atoms with Gasteiger partial charge in [0.1, 0.15) is 0 Å². The van der Waals surface area contributed by atoms with Crippen LogP contribution in [0.2, 0.25) is 0 Å². The van der Waals surface area contributed by atoms with Crippen molar-refractivity contribution in [1.29, 1.82) is 0 Å². The van der Waals surface area contributed by atoms with Gasteiger partial charge in [-0.1, -0.05) is 0 Å². The van der Waals surface area contributed by atoms with Crippen molar-refractivity contribution in [2.75, 3.05) is 0 Å². The molecule has 1 aliphatic heterocycles. The Labute approximate surface area is 88.0 Å². The van der Waals surface area contributed by atoms with Crippen LogP contribution in [0.1, 0.15) is 41.5 Å². The first-order valence-electron chi connectivity index (χ1n) is 5.56. The van der Waals surface area contributed by atoms with Crippen LogP contribution in [0.5, 0.6) is 0 Å². The molecule has 0 aromatic heterocycles. The van der Waals surface area contributed by atoms with Crippen LogP contribution in [-0.2, 0) is 9.68 Å². The van der Waals surface area contributed by atoms with Gasteiger partial charge in [-0.25, -0.2) is 0 Å². The van der Waals surface area contributed by atoms with Gasteiger partial charge in [0.25, 0.3) is 0 Å². The molecule has 14 heavy (non-hydrogen) atoms. The van der Waals surface area contributed by atoms with Crippen molar-refractivity contribution in [3.05, 3.63) is 0 Å². The van der Waals surface area contributed by atoms with Crippen LogP contribution in [0.25, 0.3) is 0 Å². The van der Waals surface area contributed by atoms with E-state index in [0.29, 0.717) is 0 Å². The third-order valence-electron chi connectivity index (χ3n) is 2.04. The summed E-state index contributed by atoms with van der Waals surface area (Å²) < 4.78 is 0. The summed E-state index contributed by atoms with van der Waals surface area (Å²) in [5, 5.41) is 0. The molecule has 84 valence electrons. The van der Waals surface area contributed by atoms with Crippen LogP contribution in [-0.4, -0.2) is 36.1 Å². The van der Waals surface area contributed by atoms with E-state index < -0.39 is 0 Å². The maximum atomic E-state index is 5.74. The SMILES string of the molecule is CC(C)(C)ON1[BH2-]N(OC(C)(C)C)[BH2-]1. The third kappa shape index (κ3) is 4.46. The predicted octanol–water partition coefficient (Wildman–Crippen LogP) is 0.0618. The maximum absolute atomic E-state index is 5.74. The fourth-order valence-corrected chi connectivity index (χ4v) is 1.85. The lowest BCUT2D eigenvalue weighted by molar-refractivity contribution is -0.197. The highest BCUT2D eigenvalue weighted by Crippen LogP contribution is 2.17. The Hall–Kier alpha value is -0.0301. The molecular formula is C8H22B2N2O2-2. The minimum atomic E-state index is -0.327. The first-order chi connectivity index (χ1) is 6.16. The van der Waals surface area contributed by atoms with Crippen LogP contribution in [0, 0.1) is 0 Å². The smallest absolute Gasteiger partial charge is 0.0727 e. The number of hydrogen-bond donors (Lipinski definition) is 0. The molecular weight excluding hydrogens is 178 g/mol.